The third kappa shape index (κ3) is 2.64. The van der Waals surface area contributed by atoms with Crippen molar-refractivity contribution in [3.63, 3.8) is 0 Å². The first-order valence-corrected chi connectivity index (χ1v) is 6.53. The summed E-state index contributed by atoms with van der Waals surface area (Å²) in [5.41, 5.74) is 8.45. The normalized spacial score (nSPS) is 11.3. The van der Waals surface area contributed by atoms with Crippen LogP contribution in [0.1, 0.15) is 19.4 Å². The minimum Gasteiger partial charge on any atom is -0.396 e. The van der Waals surface area contributed by atoms with Crippen molar-refractivity contribution in [1.29, 1.82) is 0 Å². The topological polar surface area (TPSA) is 50.9 Å². The number of rotatable bonds is 3. The highest BCUT2D eigenvalue weighted by molar-refractivity contribution is 9.10. The molecule has 0 fully saturated rings. The molecule has 0 spiro atoms. The van der Waals surface area contributed by atoms with Crippen molar-refractivity contribution in [2.24, 2.45) is 0 Å². The summed E-state index contributed by atoms with van der Waals surface area (Å²) in [4.78, 5) is 4.04. The summed E-state index contributed by atoms with van der Waals surface area (Å²) < 4.78 is 0.867. The summed E-state index contributed by atoms with van der Waals surface area (Å²) in [7, 11) is 0. The largest absolute Gasteiger partial charge is 0.396 e. The number of hydrogen-bond acceptors (Lipinski definition) is 3. The molecule has 0 radical (unpaired) electrons. The number of nitrogens with two attached hydrogens (primary N) is 1. The smallest absolute Gasteiger partial charge is 0.0756 e. The monoisotopic (exact) mass is 305 g/mol. The van der Waals surface area contributed by atoms with E-state index in [9.17, 15) is 0 Å². The Bertz CT molecular complexity index is 518. The quantitative estimate of drug-likeness (QED) is 0.907. The number of nitrogen functional groups attached to an aromatic ring is 1. The Kier molecular flexibility index (Phi) is 3.57. The minimum absolute atomic E-state index is 0.209. The Morgan fingerprint density at radius 1 is 1.17 bits per heavy atom. The zero-order valence-electron chi connectivity index (χ0n) is 10.4. The van der Waals surface area contributed by atoms with Gasteiger partial charge in [-0.3, -0.25) is 4.98 Å². The van der Waals surface area contributed by atoms with Gasteiger partial charge in [0.15, 0.2) is 0 Å². The number of anilines is 2. The lowest BCUT2D eigenvalue weighted by atomic mass is 9.94. The summed E-state index contributed by atoms with van der Waals surface area (Å²) >= 11 is 3.47. The van der Waals surface area contributed by atoms with Gasteiger partial charge in [-0.05, 0) is 35.3 Å². The third-order valence-electron chi connectivity index (χ3n) is 2.86. The first kappa shape index (κ1) is 12.9. The molecule has 0 saturated heterocycles. The van der Waals surface area contributed by atoms with Gasteiger partial charge in [0.05, 0.1) is 27.6 Å². The molecule has 0 saturated carbocycles. The highest BCUT2D eigenvalue weighted by Gasteiger charge is 2.21. The van der Waals surface area contributed by atoms with Crippen LogP contribution in [0.2, 0.25) is 0 Å². The van der Waals surface area contributed by atoms with Gasteiger partial charge in [-0.15, -0.1) is 0 Å². The summed E-state index contributed by atoms with van der Waals surface area (Å²) in [5.74, 6) is 0. The number of benzene rings is 1. The standard InChI is InChI=1S/C14H16BrN3/c1-14(2,10-6-4-3-5-7-10)18-13-11(15)8-17-9-12(13)16/h3-9H,16H2,1-2H3,(H,17,18). The van der Waals surface area contributed by atoms with E-state index in [-0.39, 0.29) is 5.54 Å². The molecule has 18 heavy (non-hydrogen) atoms. The van der Waals surface area contributed by atoms with Crippen LogP contribution in [0, 0.1) is 0 Å². The molecule has 0 bridgehead atoms. The number of nitrogens with zero attached hydrogens (tertiary/aromatic N) is 1. The van der Waals surface area contributed by atoms with Gasteiger partial charge < -0.3 is 11.1 Å². The van der Waals surface area contributed by atoms with E-state index in [0.29, 0.717) is 5.69 Å². The fraction of sp³-hybridized carbons (Fsp3) is 0.214. The van der Waals surface area contributed by atoms with Crippen molar-refractivity contribution < 1.29 is 0 Å². The highest BCUT2D eigenvalue weighted by Crippen LogP contribution is 2.33. The van der Waals surface area contributed by atoms with E-state index in [1.54, 1.807) is 12.4 Å². The minimum atomic E-state index is -0.209. The summed E-state index contributed by atoms with van der Waals surface area (Å²) in [6, 6.07) is 10.3. The van der Waals surface area contributed by atoms with Crippen LogP contribution in [-0.2, 0) is 5.54 Å². The molecule has 2 aromatic rings. The number of hydrogen-bond donors (Lipinski definition) is 2. The van der Waals surface area contributed by atoms with Gasteiger partial charge in [0.25, 0.3) is 0 Å². The lowest BCUT2D eigenvalue weighted by Gasteiger charge is -2.29. The number of nitrogens with one attached hydrogen (secondary N) is 1. The molecular formula is C14H16BrN3. The lowest BCUT2D eigenvalue weighted by Crippen LogP contribution is -2.28. The van der Waals surface area contributed by atoms with Crippen LogP contribution in [0.15, 0.2) is 47.2 Å². The molecular weight excluding hydrogens is 290 g/mol. The van der Waals surface area contributed by atoms with E-state index in [1.807, 2.05) is 18.2 Å². The van der Waals surface area contributed by atoms with Crippen LogP contribution in [0.25, 0.3) is 0 Å². The van der Waals surface area contributed by atoms with Gasteiger partial charge in [-0.25, -0.2) is 0 Å². The van der Waals surface area contributed by atoms with Crippen molar-refractivity contribution in [3.05, 3.63) is 52.8 Å². The predicted octanol–water partition coefficient (Wildman–Crippen LogP) is 3.77. The molecule has 0 atom stereocenters. The van der Waals surface area contributed by atoms with Crippen molar-refractivity contribution in [2.75, 3.05) is 11.1 Å². The van der Waals surface area contributed by atoms with Crippen molar-refractivity contribution in [1.82, 2.24) is 4.98 Å². The second kappa shape index (κ2) is 4.98. The molecule has 1 aromatic heterocycles. The number of aromatic nitrogens is 1. The van der Waals surface area contributed by atoms with Crippen LogP contribution < -0.4 is 11.1 Å². The maximum absolute atomic E-state index is 5.95. The predicted molar refractivity (Wildman–Crippen MR) is 79.4 cm³/mol. The maximum Gasteiger partial charge on any atom is 0.0756 e. The summed E-state index contributed by atoms with van der Waals surface area (Å²) in [6.45, 7) is 4.24. The van der Waals surface area contributed by atoms with Crippen molar-refractivity contribution in [3.8, 4) is 0 Å². The molecule has 3 nitrogen and oxygen atoms in total. The number of pyridine rings is 1. The molecule has 94 valence electrons. The third-order valence-corrected chi connectivity index (χ3v) is 3.46. The second-order valence-electron chi connectivity index (χ2n) is 4.70. The molecule has 0 amide bonds. The van der Waals surface area contributed by atoms with Crippen LogP contribution in [0.5, 0.6) is 0 Å². The van der Waals surface area contributed by atoms with Gasteiger partial charge in [-0.2, -0.15) is 0 Å². The highest BCUT2D eigenvalue weighted by atomic mass is 79.9. The van der Waals surface area contributed by atoms with E-state index < -0.39 is 0 Å². The molecule has 0 aliphatic rings. The van der Waals surface area contributed by atoms with E-state index >= 15 is 0 Å². The fourth-order valence-corrected chi connectivity index (χ4v) is 2.27. The summed E-state index contributed by atoms with van der Waals surface area (Å²) in [6.07, 6.45) is 3.38. The average Bonchev–Trinajstić information content (AvgIpc) is 2.35. The maximum atomic E-state index is 5.95. The van der Waals surface area contributed by atoms with Gasteiger partial charge in [-0.1, -0.05) is 30.3 Å². The molecule has 4 heteroatoms. The van der Waals surface area contributed by atoms with Gasteiger partial charge in [0.2, 0.25) is 0 Å². The van der Waals surface area contributed by atoms with Crippen molar-refractivity contribution in [2.45, 2.75) is 19.4 Å². The SMILES string of the molecule is CC(C)(Nc1c(N)cncc1Br)c1ccccc1. The zero-order chi connectivity index (χ0) is 13.2. The Labute approximate surface area is 116 Å². The Morgan fingerprint density at radius 2 is 1.83 bits per heavy atom. The van der Waals surface area contributed by atoms with Crippen LogP contribution in [-0.4, -0.2) is 4.98 Å². The van der Waals surface area contributed by atoms with Gasteiger partial charge in [0, 0.05) is 6.20 Å². The first-order chi connectivity index (χ1) is 8.50. The van der Waals surface area contributed by atoms with Gasteiger partial charge >= 0.3 is 0 Å². The van der Waals surface area contributed by atoms with Crippen molar-refractivity contribution >= 4 is 27.3 Å². The second-order valence-corrected chi connectivity index (χ2v) is 5.56. The van der Waals surface area contributed by atoms with Crippen LogP contribution in [0.4, 0.5) is 11.4 Å². The van der Waals surface area contributed by atoms with E-state index in [1.165, 1.54) is 5.56 Å². The Morgan fingerprint density at radius 3 is 2.44 bits per heavy atom. The molecule has 3 N–H and O–H groups in total. The van der Waals surface area contributed by atoms with Crippen LogP contribution in [0.3, 0.4) is 0 Å². The molecule has 0 aliphatic carbocycles. The first-order valence-electron chi connectivity index (χ1n) is 5.73. The number of halogens is 1. The Hall–Kier alpha value is -1.55. The van der Waals surface area contributed by atoms with E-state index in [4.69, 9.17) is 5.73 Å². The van der Waals surface area contributed by atoms with Crippen LogP contribution >= 0.6 is 15.9 Å². The molecule has 1 heterocycles. The van der Waals surface area contributed by atoms with E-state index in [2.05, 4.69) is 52.2 Å². The lowest BCUT2D eigenvalue weighted by molar-refractivity contribution is 0.609. The fourth-order valence-electron chi connectivity index (χ4n) is 1.82. The summed E-state index contributed by atoms with van der Waals surface area (Å²) in [5, 5.41) is 3.46. The average molecular weight is 306 g/mol. The zero-order valence-corrected chi connectivity index (χ0v) is 12.0. The molecule has 1 aromatic carbocycles. The van der Waals surface area contributed by atoms with Gasteiger partial charge in [0.1, 0.15) is 0 Å². The molecule has 2 rings (SSSR count). The Balaban J connectivity index is 2.34. The molecule has 0 unspecified atom stereocenters. The van der Waals surface area contributed by atoms with E-state index in [0.717, 1.165) is 10.2 Å². The molecule has 0 aliphatic heterocycles.